The molecule has 2 unspecified atom stereocenters. The van der Waals surface area contributed by atoms with Crippen molar-refractivity contribution in [3.63, 3.8) is 0 Å². The molecule has 1 N–H and O–H groups in total. The standard InChI is InChI=1S/C18H25FN2O3/c1-17(2,3)24-16(22)21-9-7-18(12-21)15(20-8-10-23-18)13-5-4-6-14(19)11-13/h4-6,11,15,20H,7-10,12H2,1-3H3. The number of likely N-dealkylation sites (tertiary alicyclic amines) is 1. The van der Waals surface area contributed by atoms with Crippen LogP contribution in [0.15, 0.2) is 24.3 Å². The fourth-order valence-electron chi connectivity index (χ4n) is 3.48. The third-order valence-electron chi connectivity index (χ3n) is 4.46. The van der Waals surface area contributed by atoms with E-state index in [2.05, 4.69) is 5.32 Å². The maximum absolute atomic E-state index is 13.6. The monoisotopic (exact) mass is 336 g/mol. The molecule has 2 saturated heterocycles. The Morgan fingerprint density at radius 3 is 2.96 bits per heavy atom. The van der Waals surface area contributed by atoms with Gasteiger partial charge in [0.25, 0.3) is 0 Å². The summed E-state index contributed by atoms with van der Waals surface area (Å²) >= 11 is 0. The van der Waals surface area contributed by atoms with Crippen molar-refractivity contribution in [2.24, 2.45) is 0 Å². The molecule has 2 aliphatic rings. The Kier molecular flexibility index (Phi) is 4.53. The van der Waals surface area contributed by atoms with Crippen molar-refractivity contribution in [3.8, 4) is 0 Å². The molecule has 5 nitrogen and oxygen atoms in total. The van der Waals surface area contributed by atoms with Gasteiger partial charge in [-0.2, -0.15) is 0 Å². The normalized spacial score (nSPS) is 27.5. The maximum Gasteiger partial charge on any atom is 0.410 e. The molecule has 1 spiro atoms. The summed E-state index contributed by atoms with van der Waals surface area (Å²) in [4.78, 5) is 14.0. The van der Waals surface area contributed by atoms with E-state index in [0.717, 1.165) is 5.56 Å². The minimum absolute atomic E-state index is 0.144. The summed E-state index contributed by atoms with van der Waals surface area (Å²) in [6.07, 6.45) is 0.368. The summed E-state index contributed by atoms with van der Waals surface area (Å²) < 4.78 is 25.2. The Balaban J connectivity index is 1.79. The second kappa shape index (κ2) is 6.33. The van der Waals surface area contributed by atoms with Crippen molar-refractivity contribution in [2.75, 3.05) is 26.2 Å². The second-order valence-electron chi connectivity index (χ2n) is 7.51. The van der Waals surface area contributed by atoms with E-state index in [4.69, 9.17) is 9.47 Å². The molecule has 1 aromatic carbocycles. The number of benzene rings is 1. The highest BCUT2D eigenvalue weighted by molar-refractivity contribution is 5.68. The Morgan fingerprint density at radius 1 is 1.46 bits per heavy atom. The summed E-state index contributed by atoms with van der Waals surface area (Å²) in [5.74, 6) is -0.267. The Morgan fingerprint density at radius 2 is 2.25 bits per heavy atom. The van der Waals surface area contributed by atoms with E-state index in [-0.39, 0.29) is 18.0 Å². The number of ether oxygens (including phenoxy) is 2. The summed E-state index contributed by atoms with van der Waals surface area (Å²) in [6.45, 7) is 7.85. The number of carbonyl (C=O) groups excluding carboxylic acids is 1. The molecule has 2 aliphatic heterocycles. The van der Waals surface area contributed by atoms with Crippen molar-refractivity contribution in [2.45, 2.75) is 44.4 Å². The van der Waals surface area contributed by atoms with Crippen molar-refractivity contribution in [1.82, 2.24) is 10.2 Å². The number of rotatable bonds is 1. The number of nitrogens with zero attached hydrogens (tertiary/aromatic N) is 1. The van der Waals surface area contributed by atoms with Gasteiger partial charge in [0.1, 0.15) is 17.0 Å². The highest BCUT2D eigenvalue weighted by Gasteiger charge is 2.49. The molecular formula is C18H25FN2O3. The smallest absolute Gasteiger partial charge is 0.410 e. The number of carbonyl (C=O) groups is 1. The molecule has 132 valence electrons. The zero-order valence-electron chi connectivity index (χ0n) is 14.5. The van der Waals surface area contributed by atoms with E-state index in [9.17, 15) is 9.18 Å². The molecule has 0 radical (unpaired) electrons. The van der Waals surface area contributed by atoms with Gasteiger partial charge in [0.2, 0.25) is 0 Å². The fourth-order valence-corrected chi connectivity index (χ4v) is 3.48. The molecule has 0 saturated carbocycles. The van der Waals surface area contributed by atoms with Crippen LogP contribution < -0.4 is 5.32 Å². The quantitative estimate of drug-likeness (QED) is 0.857. The predicted molar refractivity (Wildman–Crippen MR) is 88.3 cm³/mol. The first-order chi connectivity index (χ1) is 11.3. The van der Waals surface area contributed by atoms with E-state index in [1.807, 2.05) is 26.8 Å². The first-order valence-corrected chi connectivity index (χ1v) is 8.40. The highest BCUT2D eigenvalue weighted by Crippen LogP contribution is 2.39. The van der Waals surface area contributed by atoms with E-state index in [1.54, 1.807) is 11.0 Å². The molecule has 2 atom stereocenters. The third kappa shape index (κ3) is 3.54. The van der Waals surface area contributed by atoms with Crippen LogP contribution in [0.1, 0.15) is 38.8 Å². The van der Waals surface area contributed by atoms with Crippen LogP contribution in [-0.2, 0) is 9.47 Å². The van der Waals surface area contributed by atoms with Crippen LogP contribution in [0.5, 0.6) is 0 Å². The van der Waals surface area contributed by atoms with Crippen molar-refractivity contribution < 1.29 is 18.7 Å². The fraction of sp³-hybridized carbons (Fsp3) is 0.611. The van der Waals surface area contributed by atoms with Crippen LogP contribution in [0.25, 0.3) is 0 Å². The van der Waals surface area contributed by atoms with Crippen LogP contribution in [0.2, 0.25) is 0 Å². The highest BCUT2D eigenvalue weighted by atomic mass is 19.1. The van der Waals surface area contributed by atoms with Crippen LogP contribution in [0, 0.1) is 5.82 Å². The van der Waals surface area contributed by atoms with Gasteiger partial charge in [-0.05, 0) is 44.9 Å². The van der Waals surface area contributed by atoms with E-state index in [1.165, 1.54) is 12.1 Å². The lowest BCUT2D eigenvalue weighted by atomic mass is 9.86. The SMILES string of the molecule is CC(C)(C)OC(=O)N1CCC2(C1)OCCNC2c1cccc(F)c1. The lowest BCUT2D eigenvalue weighted by molar-refractivity contribution is -0.0902. The molecule has 6 heteroatoms. The third-order valence-corrected chi connectivity index (χ3v) is 4.46. The van der Waals surface area contributed by atoms with Gasteiger partial charge in [-0.15, -0.1) is 0 Å². The van der Waals surface area contributed by atoms with Crippen LogP contribution in [-0.4, -0.2) is 48.4 Å². The van der Waals surface area contributed by atoms with Gasteiger partial charge < -0.3 is 19.7 Å². The number of nitrogens with one attached hydrogen (secondary N) is 1. The Labute approximate surface area is 142 Å². The molecule has 1 amide bonds. The van der Waals surface area contributed by atoms with E-state index >= 15 is 0 Å². The second-order valence-corrected chi connectivity index (χ2v) is 7.51. The van der Waals surface area contributed by atoms with E-state index in [0.29, 0.717) is 32.7 Å². The first-order valence-electron chi connectivity index (χ1n) is 8.40. The van der Waals surface area contributed by atoms with Gasteiger partial charge >= 0.3 is 6.09 Å². The molecule has 0 aromatic heterocycles. The molecule has 24 heavy (non-hydrogen) atoms. The largest absolute Gasteiger partial charge is 0.444 e. The topological polar surface area (TPSA) is 50.8 Å². The average Bonchev–Trinajstić information content (AvgIpc) is 2.91. The van der Waals surface area contributed by atoms with Crippen molar-refractivity contribution >= 4 is 6.09 Å². The van der Waals surface area contributed by atoms with Gasteiger partial charge in [0, 0.05) is 13.1 Å². The lowest BCUT2D eigenvalue weighted by Gasteiger charge is -2.42. The number of hydrogen-bond acceptors (Lipinski definition) is 4. The molecule has 0 bridgehead atoms. The molecular weight excluding hydrogens is 311 g/mol. The predicted octanol–water partition coefficient (Wildman–Crippen LogP) is 2.87. The Hall–Kier alpha value is -1.66. The Bertz CT molecular complexity index is 617. The lowest BCUT2D eigenvalue weighted by Crippen LogP contribution is -2.54. The number of hydrogen-bond donors (Lipinski definition) is 1. The molecule has 2 fully saturated rings. The summed E-state index contributed by atoms with van der Waals surface area (Å²) in [6, 6.07) is 6.42. The first kappa shape index (κ1) is 17.2. The molecule has 1 aromatic rings. The molecule has 2 heterocycles. The van der Waals surface area contributed by atoms with E-state index < -0.39 is 11.2 Å². The van der Waals surface area contributed by atoms with Gasteiger partial charge in [-0.25, -0.2) is 9.18 Å². The molecule has 0 aliphatic carbocycles. The van der Waals surface area contributed by atoms with Crippen molar-refractivity contribution in [1.29, 1.82) is 0 Å². The number of amides is 1. The minimum Gasteiger partial charge on any atom is -0.444 e. The summed E-state index contributed by atoms with van der Waals surface area (Å²) in [5, 5.41) is 3.43. The zero-order chi connectivity index (χ0) is 17.4. The van der Waals surface area contributed by atoms with Crippen LogP contribution in [0.4, 0.5) is 9.18 Å². The van der Waals surface area contributed by atoms with Gasteiger partial charge in [0.15, 0.2) is 0 Å². The van der Waals surface area contributed by atoms with Gasteiger partial charge in [0.05, 0.1) is 19.2 Å². The van der Waals surface area contributed by atoms with Crippen LogP contribution in [0.3, 0.4) is 0 Å². The zero-order valence-corrected chi connectivity index (χ0v) is 14.5. The summed E-state index contributed by atoms with van der Waals surface area (Å²) in [5.41, 5.74) is -0.218. The van der Waals surface area contributed by atoms with Gasteiger partial charge in [-0.1, -0.05) is 12.1 Å². The summed E-state index contributed by atoms with van der Waals surface area (Å²) in [7, 11) is 0. The molecule has 3 rings (SSSR count). The minimum atomic E-state index is -0.539. The average molecular weight is 336 g/mol. The van der Waals surface area contributed by atoms with Crippen molar-refractivity contribution in [3.05, 3.63) is 35.6 Å². The number of morpholine rings is 1. The number of halogens is 1. The van der Waals surface area contributed by atoms with Gasteiger partial charge in [-0.3, -0.25) is 0 Å². The maximum atomic E-state index is 13.6. The van der Waals surface area contributed by atoms with Crippen LogP contribution >= 0.6 is 0 Å².